The van der Waals surface area contributed by atoms with Gasteiger partial charge in [-0.2, -0.15) is 13.2 Å². The van der Waals surface area contributed by atoms with Gasteiger partial charge in [-0.3, -0.25) is 0 Å². The summed E-state index contributed by atoms with van der Waals surface area (Å²) >= 11 is 0. The molecule has 0 amide bonds. The van der Waals surface area contributed by atoms with Crippen molar-refractivity contribution in [3.8, 4) is 0 Å². The number of hydrogen-bond acceptors (Lipinski definition) is 4. The Bertz CT molecular complexity index is 399. The van der Waals surface area contributed by atoms with Gasteiger partial charge in [0.1, 0.15) is 12.4 Å². The number of nitrogens with one attached hydrogen (secondary N) is 1. The Balaban J connectivity index is 2.43. The van der Waals surface area contributed by atoms with Crippen LogP contribution in [0, 0.1) is 0 Å². The Kier molecular flexibility index (Phi) is 6.74. The average molecular weight is 291 g/mol. The second-order valence-electron chi connectivity index (χ2n) is 4.46. The molecule has 1 heterocycles. The maximum atomic E-state index is 12.0. The molecule has 1 rings (SSSR count). The lowest BCUT2D eigenvalue weighted by atomic mass is 10.0. The van der Waals surface area contributed by atoms with Crippen LogP contribution in [0.5, 0.6) is 0 Å². The van der Waals surface area contributed by atoms with Gasteiger partial charge in [-0.1, -0.05) is 13.0 Å². The van der Waals surface area contributed by atoms with E-state index in [1.54, 1.807) is 12.3 Å². The molecule has 0 saturated heterocycles. The molecule has 3 N–H and O–H groups in total. The van der Waals surface area contributed by atoms with Gasteiger partial charge >= 0.3 is 6.18 Å². The zero-order chi connectivity index (χ0) is 15.0. The summed E-state index contributed by atoms with van der Waals surface area (Å²) in [5.41, 5.74) is 6.64. The molecule has 0 aliphatic carbocycles. The van der Waals surface area contributed by atoms with Crippen molar-refractivity contribution in [1.82, 2.24) is 10.3 Å². The molecule has 0 radical (unpaired) electrons. The Labute approximate surface area is 116 Å². The van der Waals surface area contributed by atoms with Crippen LogP contribution in [0.15, 0.2) is 18.3 Å². The number of ether oxygens (including phenoxy) is 1. The minimum atomic E-state index is -4.28. The maximum Gasteiger partial charge on any atom is 0.411 e. The van der Waals surface area contributed by atoms with E-state index in [0.717, 1.165) is 12.1 Å². The highest BCUT2D eigenvalue weighted by Crippen LogP contribution is 2.15. The van der Waals surface area contributed by atoms with Crippen molar-refractivity contribution in [2.45, 2.75) is 32.0 Å². The van der Waals surface area contributed by atoms with Crippen LogP contribution in [-0.4, -0.2) is 37.0 Å². The normalized spacial score (nSPS) is 13.4. The van der Waals surface area contributed by atoms with Crippen LogP contribution in [0.3, 0.4) is 0 Å². The number of rotatable bonds is 8. The molecule has 114 valence electrons. The molecule has 1 aromatic rings. The Morgan fingerprint density at radius 3 is 2.80 bits per heavy atom. The number of likely N-dealkylation sites (N-methyl/N-ethyl adjacent to an activating group) is 1. The Hall–Kier alpha value is -1.34. The van der Waals surface area contributed by atoms with Crippen molar-refractivity contribution in [1.29, 1.82) is 0 Å². The van der Waals surface area contributed by atoms with Crippen molar-refractivity contribution in [2.75, 3.05) is 25.5 Å². The number of hydrogen-bond donors (Lipinski definition) is 2. The molecule has 1 atom stereocenters. The molecular formula is C13H20F3N3O. The lowest BCUT2D eigenvalue weighted by Gasteiger charge is -2.19. The first kappa shape index (κ1) is 16.7. The highest BCUT2D eigenvalue weighted by Gasteiger charge is 2.27. The monoisotopic (exact) mass is 291 g/mol. The molecule has 1 aromatic heterocycles. The number of alkyl halides is 3. The fraction of sp³-hybridized carbons (Fsp3) is 0.615. The second-order valence-corrected chi connectivity index (χ2v) is 4.46. The van der Waals surface area contributed by atoms with E-state index in [2.05, 4.69) is 15.0 Å². The fourth-order valence-corrected chi connectivity index (χ4v) is 1.87. The van der Waals surface area contributed by atoms with Crippen molar-refractivity contribution in [3.63, 3.8) is 0 Å². The van der Waals surface area contributed by atoms with Gasteiger partial charge in [0.2, 0.25) is 0 Å². The second kappa shape index (κ2) is 8.06. The Morgan fingerprint density at radius 1 is 1.45 bits per heavy atom. The van der Waals surface area contributed by atoms with Crippen molar-refractivity contribution < 1.29 is 17.9 Å². The third-order valence-electron chi connectivity index (χ3n) is 2.76. The van der Waals surface area contributed by atoms with Crippen LogP contribution in [0.1, 0.15) is 18.9 Å². The number of anilines is 1. The lowest BCUT2D eigenvalue weighted by Crippen LogP contribution is -2.33. The van der Waals surface area contributed by atoms with Crippen LogP contribution >= 0.6 is 0 Å². The van der Waals surface area contributed by atoms with E-state index in [1.807, 2.05) is 13.0 Å². The van der Waals surface area contributed by atoms with Gasteiger partial charge in [0.25, 0.3) is 0 Å². The van der Waals surface area contributed by atoms with E-state index in [9.17, 15) is 13.2 Å². The highest BCUT2D eigenvalue weighted by molar-refractivity contribution is 5.38. The van der Waals surface area contributed by atoms with Gasteiger partial charge in [0.15, 0.2) is 0 Å². The minimum Gasteiger partial charge on any atom is -0.383 e. The summed E-state index contributed by atoms with van der Waals surface area (Å²) in [4.78, 5) is 3.99. The van der Waals surface area contributed by atoms with Gasteiger partial charge in [-0.15, -0.1) is 0 Å². The zero-order valence-electron chi connectivity index (χ0n) is 11.4. The molecule has 0 aliphatic rings. The number of nitrogens with two attached hydrogens (primary N) is 1. The third kappa shape index (κ3) is 6.72. The quantitative estimate of drug-likeness (QED) is 0.721. The zero-order valence-corrected chi connectivity index (χ0v) is 11.4. The first-order valence-corrected chi connectivity index (χ1v) is 6.49. The summed E-state index contributed by atoms with van der Waals surface area (Å²) in [6, 6.07) is 3.66. The van der Waals surface area contributed by atoms with Gasteiger partial charge in [0, 0.05) is 18.8 Å². The van der Waals surface area contributed by atoms with E-state index in [0.29, 0.717) is 18.7 Å². The largest absolute Gasteiger partial charge is 0.411 e. The molecule has 0 spiro atoms. The maximum absolute atomic E-state index is 12.0. The molecule has 0 saturated carbocycles. The molecular weight excluding hydrogens is 271 g/mol. The number of pyridine rings is 1. The van der Waals surface area contributed by atoms with Gasteiger partial charge in [-0.25, -0.2) is 4.98 Å². The van der Waals surface area contributed by atoms with Gasteiger partial charge in [-0.05, 0) is 31.0 Å². The Morgan fingerprint density at radius 2 is 2.20 bits per heavy atom. The smallest absolute Gasteiger partial charge is 0.383 e. The van der Waals surface area contributed by atoms with Crippen LogP contribution in [-0.2, 0) is 11.2 Å². The van der Waals surface area contributed by atoms with Gasteiger partial charge < -0.3 is 15.8 Å². The van der Waals surface area contributed by atoms with E-state index < -0.39 is 12.8 Å². The van der Waals surface area contributed by atoms with Crippen LogP contribution in [0.4, 0.5) is 19.0 Å². The SMILES string of the molecule is CCNC(CCOCC(F)(F)F)Cc1cccnc1N. The van der Waals surface area contributed by atoms with Gasteiger partial charge in [0.05, 0.1) is 0 Å². The molecule has 20 heavy (non-hydrogen) atoms. The summed E-state index contributed by atoms with van der Waals surface area (Å²) in [6.45, 7) is 1.51. The van der Waals surface area contributed by atoms with Crippen LogP contribution in [0.25, 0.3) is 0 Å². The molecule has 7 heteroatoms. The molecule has 4 nitrogen and oxygen atoms in total. The lowest BCUT2D eigenvalue weighted by molar-refractivity contribution is -0.174. The number of halogens is 3. The van der Waals surface area contributed by atoms with Crippen molar-refractivity contribution in [3.05, 3.63) is 23.9 Å². The standard InChI is InChI=1S/C13H20F3N3O/c1-2-18-11(5-7-20-9-13(14,15)16)8-10-4-3-6-19-12(10)17/h3-4,6,11,18H,2,5,7-9H2,1H3,(H2,17,19). The molecule has 0 aliphatic heterocycles. The summed E-state index contributed by atoms with van der Waals surface area (Å²) in [7, 11) is 0. The average Bonchev–Trinajstić information content (AvgIpc) is 2.36. The first-order valence-electron chi connectivity index (χ1n) is 6.49. The minimum absolute atomic E-state index is 0.0136. The number of aromatic nitrogens is 1. The van der Waals surface area contributed by atoms with E-state index in [4.69, 9.17) is 5.73 Å². The molecule has 0 bridgehead atoms. The summed E-state index contributed by atoms with van der Waals surface area (Å²) < 4.78 is 40.5. The van der Waals surface area contributed by atoms with Crippen LogP contribution in [0.2, 0.25) is 0 Å². The predicted molar refractivity (Wildman–Crippen MR) is 71.3 cm³/mol. The number of nitrogens with zero attached hydrogens (tertiary/aromatic N) is 1. The van der Waals surface area contributed by atoms with E-state index in [1.165, 1.54) is 0 Å². The first-order chi connectivity index (χ1) is 9.42. The molecule has 0 aromatic carbocycles. The van der Waals surface area contributed by atoms with Crippen LogP contribution < -0.4 is 11.1 Å². The van der Waals surface area contributed by atoms with E-state index >= 15 is 0 Å². The summed E-state index contributed by atoms with van der Waals surface area (Å²) in [5, 5.41) is 3.21. The van der Waals surface area contributed by atoms with Crippen molar-refractivity contribution >= 4 is 5.82 Å². The summed E-state index contributed by atoms with van der Waals surface area (Å²) in [6.07, 6.45) is -1.57. The molecule has 0 fully saturated rings. The topological polar surface area (TPSA) is 60.2 Å². The summed E-state index contributed by atoms with van der Waals surface area (Å²) in [5.74, 6) is 0.451. The van der Waals surface area contributed by atoms with E-state index in [-0.39, 0.29) is 12.6 Å². The fourth-order valence-electron chi connectivity index (χ4n) is 1.87. The number of nitrogen functional groups attached to an aromatic ring is 1. The highest BCUT2D eigenvalue weighted by atomic mass is 19.4. The third-order valence-corrected chi connectivity index (χ3v) is 2.76. The predicted octanol–water partition coefficient (Wildman–Crippen LogP) is 2.15. The molecule has 1 unspecified atom stereocenters. The van der Waals surface area contributed by atoms with Crippen molar-refractivity contribution in [2.24, 2.45) is 0 Å².